The Morgan fingerprint density at radius 2 is 2.00 bits per heavy atom. The van der Waals surface area contributed by atoms with Crippen molar-refractivity contribution in [2.75, 3.05) is 40.8 Å². The van der Waals surface area contributed by atoms with E-state index in [1.54, 1.807) is 0 Å². The van der Waals surface area contributed by atoms with Crippen LogP contribution in [0.1, 0.15) is 16.8 Å². The summed E-state index contributed by atoms with van der Waals surface area (Å²) in [6.45, 7) is 2.51. The van der Waals surface area contributed by atoms with Gasteiger partial charge in [0.15, 0.2) is 5.78 Å². The molecule has 1 aromatic rings. The van der Waals surface area contributed by atoms with Gasteiger partial charge in [0.05, 0.1) is 6.54 Å². The maximum absolute atomic E-state index is 11.9. The van der Waals surface area contributed by atoms with Crippen molar-refractivity contribution in [2.24, 2.45) is 7.05 Å². The Bertz CT molecular complexity index is 357. The molecule has 0 radical (unpaired) electrons. The lowest BCUT2D eigenvalue weighted by Gasteiger charge is -2.16. The molecule has 0 unspecified atom stereocenters. The largest absolute Gasteiger partial charge is 0.357 e. The number of rotatable bonds is 7. The summed E-state index contributed by atoms with van der Waals surface area (Å²) in [6.07, 6.45) is 4.86. The van der Waals surface area contributed by atoms with Crippen LogP contribution in [0.2, 0.25) is 0 Å². The van der Waals surface area contributed by atoms with Crippen molar-refractivity contribution >= 4 is 5.78 Å². The molecular formula is C13H23N3O. The number of likely N-dealkylation sites (N-methyl/N-ethyl adjacent to an activating group) is 1. The van der Waals surface area contributed by atoms with E-state index in [0.717, 1.165) is 25.1 Å². The van der Waals surface area contributed by atoms with Gasteiger partial charge in [-0.15, -0.1) is 0 Å². The van der Waals surface area contributed by atoms with Gasteiger partial charge in [0.2, 0.25) is 0 Å². The van der Waals surface area contributed by atoms with Crippen LogP contribution in [-0.4, -0.2) is 60.9 Å². The van der Waals surface area contributed by atoms with Gasteiger partial charge < -0.3 is 9.47 Å². The van der Waals surface area contributed by atoms with Crippen molar-refractivity contribution in [1.82, 2.24) is 14.4 Å². The summed E-state index contributed by atoms with van der Waals surface area (Å²) in [7, 11) is 8.05. The fourth-order valence-electron chi connectivity index (χ4n) is 1.74. The molecule has 0 amide bonds. The average Bonchev–Trinajstić information content (AvgIpc) is 2.64. The molecule has 17 heavy (non-hydrogen) atoms. The van der Waals surface area contributed by atoms with Gasteiger partial charge in [-0.3, -0.25) is 9.69 Å². The molecule has 4 heteroatoms. The quantitative estimate of drug-likeness (QED) is 0.665. The number of ketones is 1. The van der Waals surface area contributed by atoms with Crippen molar-refractivity contribution in [3.63, 3.8) is 0 Å². The first-order valence-electron chi connectivity index (χ1n) is 5.97. The predicted octanol–water partition coefficient (Wildman–Crippen LogP) is 1.09. The number of aryl methyl sites for hydroxylation is 1. The average molecular weight is 237 g/mol. The van der Waals surface area contributed by atoms with E-state index < -0.39 is 0 Å². The molecule has 0 spiro atoms. The van der Waals surface area contributed by atoms with E-state index in [9.17, 15) is 4.79 Å². The Morgan fingerprint density at radius 1 is 1.29 bits per heavy atom. The van der Waals surface area contributed by atoms with Crippen molar-refractivity contribution < 1.29 is 4.79 Å². The van der Waals surface area contributed by atoms with Gasteiger partial charge >= 0.3 is 0 Å². The number of carbonyl (C=O) groups is 1. The van der Waals surface area contributed by atoms with Gasteiger partial charge in [-0.25, -0.2) is 0 Å². The Hall–Kier alpha value is -1.13. The lowest BCUT2D eigenvalue weighted by atomic mass is 10.2. The molecule has 0 aliphatic carbocycles. The molecule has 0 aliphatic heterocycles. The summed E-state index contributed by atoms with van der Waals surface area (Å²) >= 11 is 0. The minimum absolute atomic E-state index is 0.193. The molecule has 0 bridgehead atoms. The molecule has 0 aromatic carbocycles. The smallest absolute Gasteiger partial charge is 0.178 e. The van der Waals surface area contributed by atoms with E-state index in [-0.39, 0.29) is 5.78 Å². The molecule has 0 saturated carbocycles. The summed E-state index contributed by atoms with van der Waals surface area (Å²) in [5.41, 5.74) is 0.798. The van der Waals surface area contributed by atoms with Gasteiger partial charge in [0, 0.05) is 25.0 Å². The highest BCUT2D eigenvalue weighted by Crippen LogP contribution is 2.02. The lowest BCUT2D eigenvalue weighted by molar-refractivity contribution is 0.0944. The second-order valence-corrected chi connectivity index (χ2v) is 4.88. The van der Waals surface area contributed by atoms with E-state index in [4.69, 9.17) is 0 Å². The number of aromatic nitrogens is 1. The summed E-state index contributed by atoms with van der Waals surface area (Å²) < 4.78 is 1.90. The van der Waals surface area contributed by atoms with Crippen molar-refractivity contribution in [3.05, 3.63) is 24.0 Å². The molecular weight excluding hydrogens is 214 g/mol. The number of hydrogen-bond acceptors (Lipinski definition) is 3. The van der Waals surface area contributed by atoms with Crippen LogP contribution in [0.25, 0.3) is 0 Å². The molecule has 4 nitrogen and oxygen atoms in total. The van der Waals surface area contributed by atoms with Crippen LogP contribution >= 0.6 is 0 Å². The zero-order chi connectivity index (χ0) is 12.8. The summed E-state index contributed by atoms with van der Waals surface area (Å²) in [4.78, 5) is 16.1. The van der Waals surface area contributed by atoms with E-state index >= 15 is 0 Å². The molecule has 0 aliphatic rings. The monoisotopic (exact) mass is 237 g/mol. The standard InChI is InChI=1S/C13H23N3O/c1-14(2)7-5-8-15(3)11-13(17)12-6-9-16(4)10-12/h6,9-10H,5,7-8,11H2,1-4H3. The summed E-state index contributed by atoms with van der Waals surface area (Å²) in [6, 6.07) is 1.87. The van der Waals surface area contributed by atoms with Gasteiger partial charge in [-0.05, 0) is 46.7 Å². The Morgan fingerprint density at radius 3 is 2.53 bits per heavy atom. The number of nitrogens with zero attached hydrogens (tertiary/aromatic N) is 3. The van der Waals surface area contributed by atoms with Crippen LogP contribution in [-0.2, 0) is 7.05 Å². The predicted molar refractivity (Wildman–Crippen MR) is 70.4 cm³/mol. The van der Waals surface area contributed by atoms with Crippen LogP contribution < -0.4 is 0 Å². The summed E-state index contributed by atoms with van der Waals surface area (Å²) in [5, 5.41) is 0. The zero-order valence-corrected chi connectivity index (χ0v) is 11.3. The van der Waals surface area contributed by atoms with Crippen molar-refractivity contribution in [2.45, 2.75) is 6.42 Å². The van der Waals surface area contributed by atoms with Crippen LogP contribution in [0.5, 0.6) is 0 Å². The third-order valence-corrected chi connectivity index (χ3v) is 2.71. The highest BCUT2D eigenvalue weighted by Gasteiger charge is 2.09. The fraction of sp³-hybridized carbons (Fsp3) is 0.615. The van der Waals surface area contributed by atoms with Crippen molar-refractivity contribution in [1.29, 1.82) is 0 Å². The molecule has 1 aromatic heterocycles. The fourth-order valence-corrected chi connectivity index (χ4v) is 1.74. The van der Waals surface area contributed by atoms with E-state index in [1.807, 2.05) is 37.1 Å². The van der Waals surface area contributed by atoms with Gasteiger partial charge in [0.25, 0.3) is 0 Å². The van der Waals surface area contributed by atoms with E-state index in [1.165, 1.54) is 0 Å². The Balaban J connectivity index is 2.31. The highest BCUT2D eigenvalue weighted by molar-refractivity contribution is 5.97. The summed E-state index contributed by atoms with van der Waals surface area (Å²) in [5.74, 6) is 0.193. The molecule has 0 atom stereocenters. The maximum Gasteiger partial charge on any atom is 0.178 e. The number of carbonyl (C=O) groups excluding carboxylic acids is 1. The number of hydrogen-bond donors (Lipinski definition) is 0. The number of Topliss-reactive ketones (excluding diaryl/α,β-unsaturated/α-hetero) is 1. The van der Waals surface area contributed by atoms with Crippen LogP contribution in [0.4, 0.5) is 0 Å². The third-order valence-electron chi connectivity index (χ3n) is 2.71. The third kappa shape index (κ3) is 5.15. The first kappa shape index (κ1) is 13.9. The van der Waals surface area contributed by atoms with Crippen LogP contribution in [0, 0.1) is 0 Å². The molecule has 96 valence electrons. The molecule has 0 N–H and O–H groups in total. The molecule has 0 fully saturated rings. The molecule has 0 saturated heterocycles. The van der Waals surface area contributed by atoms with E-state index in [2.05, 4.69) is 23.9 Å². The first-order valence-corrected chi connectivity index (χ1v) is 5.97. The molecule has 1 rings (SSSR count). The normalized spacial score (nSPS) is 11.4. The zero-order valence-electron chi connectivity index (χ0n) is 11.3. The first-order chi connectivity index (χ1) is 7.99. The Kier molecular flexibility index (Phi) is 5.38. The lowest BCUT2D eigenvalue weighted by Crippen LogP contribution is -2.28. The van der Waals surface area contributed by atoms with E-state index in [0.29, 0.717) is 6.54 Å². The highest BCUT2D eigenvalue weighted by atomic mass is 16.1. The topological polar surface area (TPSA) is 28.5 Å². The van der Waals surface area contributed by atoms with Gasteiger partial charge in [0.1, 0.15) is 0 Å². The van der Waals surface area contributed by atoms with Crippen molar-refractivity contribution in [3.8, 4) is 0 Å². The minimum Gasteiger partial charge on any atom is -0.357 e. The SMILES string of the molecule is CN(C)CCCN(C)CC(=O)c1ccn(C)c1. The Labute approximate surface area is 104 Å². The van der Waals surface area contributed by atoms with Crippen LogP contribution in [0.15, 0.2) is 18.5 Å². The second kappa shape index (κ2) is 6.57. The van der Waals surface area contributed by atoms with Gasteiger partial charge in [-0.1, -0.05) is 0 Å². The van der Waals surface area contributed by atoms with Gasteiger partial charge in [-0.2, -0.15) is 0 Å². The van der Waals surface area contributed by atoms with Crippen LogP contribution in [0.3, 0.4) is 0 Å². The second-order valence-electron chi connectivity index (χ2n) is 4.88. The molecule has 1 heterocycles. The maximum atomic E-state index is 11.9. The minimum atomic E-state index is 0.193.